The van der Waals surface area contributed by atoms with Crippen molar-refractivity contribution in [3.63, 3.8) is 0 Å². The number of nitrogens with one attached hydrogen (secondary N) is 1. The number of carbonyl (C=O) groups excluding carboxylic acids is 2. The lowest BCUT2D eigenvalue weighted by Gasteiger charge is -2.26. The molecule has 0 spiro atoms. The topological polar surface area (TPSA) is 86.8 Å². The molecule has 9 heteroatoms. The Balaban J connectivity index is 1.51. The number of rotatable bonds is 5. The van der Waals surface area contributed by atoms with E-state index in [1.807, 2.05) is 0 Å². The van der Waals surface area contributed by atoms with E-state index in [-0.39, 0.29) is 21.4 Å². The van der Waals surface area contributed by atoms with E-state index >= 15 is 0 Å². The van der Waals surface area contributed by atoms with Crippen LogP contribution in [0.2, 0.25) is 5.02 Å². The van der Waals surface area contributed by atoms with Gasteiger partial charge < -0.3 is 10.2 Å². The number of hydrogen-bond acceptors (Lipinski definition) is 4. The summed E-state index contributed by atoms with van der Waals surface area (Å²) in [6.07, 6.45) is 4.04. The van der Waals surface area contributed by atoms with Gasteiger partial charge in [-0.15, -0.1) is 0 Å². The molecule has 0 atom stereocenters. The van der Waals surface area contributed by atoms with Crippen LogP contribution in [0, 0.1) is 0 Å². The van der Waals surface area contributed by atoms with E-state index in [9.17, 15) is 18.0 Å². The molecule has 2 saturated heterocycles. The van der Waals surface area contributed by atoms with Gasteiger partial charge in [-0.1, -0.05) is 18.0 Å². The van der Waals surface area contributed by atoms with Crippen molar-refractivity contribution < 1.29 is 18.0 Å². The fourth-order valence-electron chi connectivity index (χ4n) is 3.94. The zero-order valence-corrected chi connectivity index (χ0v) is 18.6. The zero-order chi connectivity index (χ0) is 22.0. The quantitative estimate of drug-likeness (QED) is 0.731. The largest absolute Gasteiger partial charge is 0.322 e. The average molecular weight is 462 g/mol. The van der Waals surface area contributed by atoms with Crippen molar-refractivity contribution in [2.24, 2.45) is 0 Å². The molecular formula is C22H24ClN3O4S. The fourth-order valence-corrected chi connectivity index (χ4v) is 5.95. The maximum atomic E-state index is 13.0. The normalized spacial score (nSPS) is 17.7. The van der Waals surface area contributed by atoms with Gasteiger partial charge in [0, 0.05) is 43.0 Å². The van der Waals surface area contributed by atoms with E-state index in [4.69, 9.17) is 11.6 Å². The lowest BCUT2D eigenvalue weighted by molar-refractivity contribution is -0.117. The van der Waals surface area contributed by atoms with Crippen LogP contribution < -0.4 is 10.2 Å². The van der Waals surface area contributed by atoms with Crippen molar-refractivity contribution in [3.8, 4) is 0 Å². The highest BCUT2D eigenvalue weighted by molar-refractivity contribution is 7.89. The summed E-state index contributed by atoms with van der Waals surface area (Å²) in [5.41, 5.74) is 1.55. The fraction of sp³-hybridized carbons (Fsp3) is 0.364. The van der Waals surface area contributed by atoms with Crippen molar-refractivity contribution in [2.45, 2.75) is 37.0 Å². The number of carbonyl (C=O) groups is 2. The molecule has 2 heterocycles. The molecule has 2 aromatic carbocycles. The second-order valence-corrected chi connectivity index (χ2v) is 10.1. The Labute approximate surface area is 187 Å². The van der Waals surface area contributed by atoms with Crippen LogP contribution in [0.4, 0.5) is 11.4 Å². The Bertz CT molecular complexity index is 1100. The summed E-state index contributed by atoms with van der Waals surface area (Å²) in [6.45, 7) is 1.62. The number of anilines is 2. The van der Waals surface area contributed by atoms with Crippen LogP contribution in [0.5, 0.6) is 0 Å². The highest BCUT2D eigenvalue weighted by atomic mass is 35.5. The molecule has 31 heavy (non-hydrogen) atoms. The molecule has 0 unspecified atom stereocenters. The molecular weight excluding hydrogens is 438 g/mol. The molecule has 2 amide bonds. The monoisotopic (exact) mass is 461 g/mol. The first-order chi connectivity index (χ1) is 14.9. The number of piperidine rings is 1. The smallest absolute Gasteiger partial charge is 0.255 e. The van der Waals surface area contributed by atoms with Crippen LogP contribution in [-0.2, 0) is 14.8 Å². The first-order valence-electron chi connectivity index (χ1n) is 10.4. The van der Waals surface area contributed by atoms with Crippen LogP contribution >= 0.6 is 11.6 Å². The number of sulfonamides is 1. The lowest BCUT2D eigenvalue weighted by Crippen LogP contribution is -2.35. The highest BCUT2D eigenvalue weighted by Crippen LogP contribution is 2.28. The molecule has 0 radical (unpaired) electrons. The van der Waals surface area contributed by atoms with E-state index in [1.54, 1.807) is 29.2 Å². The molecule has 0 saturated carbocycles. The SMILES string of the molecule is O=C(Nc1ccc(N2CCCC2=O)cc1)c1ccc(Cl)c(S(=O)(=O)N2CCCCC2)c1. The van der Waals surface area contributed by atoms with Gasteiger partial charge in [-0.25, -0.2) is 8.42 Å². The Kier molecular flexibility index (Phi) is 6.31. The number of nitrogens with zero attached hydrogens (tertiary/aromatic N) is 2. The van der Waals surface area contributed by atoms with Gasteiger partial charge in [-0.05, 0) is 61.7 Å². The van der Waals surface area contributed by atoms with Crippen LogP contribution in [0.1, 0.15) is 42.5 Å². The van der Waals surface area contributed by atoms with Crippen molar-refractivity contribution in [3.05, 3.63) is 53.1 Å². The Morgan fingerprint density at radius 2 is 1.65 bits per heavy atom. The third-order valence-corrected chi connectivity index (χ3v) is 8.02. The van der Waals surface area contributed by atoms with Gasteiger partial charge in [0.1, 0.15) is 4.90 Å². The lowest BCUT2D eigenvalue weighted by atomic mass is 10.2. The third kappa shape index (κ3) is 4.61. The van der Waals surface area contributed by atoms with E-state index in [2.05, 4.69) is 5.32 Å². The number of halogens is 1. The van der Waals surface area contributed by atoms with Crippen molar-refractivity contribution in [1.29, 1.82) is 0 Å². The average Bonchev–Trinajstić information content (AvgIpc) is 3.21. The second kappa shape index (κ2) is 8.98. The van der Waals surface area contributed by atoms with Gasteiger partial charge in [0.15, 0.2) is 0 Å². The van der Waals surface area contributed by atoms with Crippen LogP contribution in [-0.4, -0.2) is 44.2 Å². The number of amides is 2. The summed E-state index contributed by atoms with van der Waals surface area (Å²) in [5.74, 6) is -0.336. The summed E-state index contributed by atoms with van der Waals surface area (Å²) in [5, 5.41) is 2.87. The van der Waals surface area contributed by atoms with Crippen molar-refractivity contribution in [2.75, 3.05) is 29.9 Å². The molecule has 2 aliphatic rings. The van der Waals surface area contributed by atoms with Gasteiger partial charge in [0.2, 0.25) is 15.9 Å². The van der Waals surface area contributed by atoms with Gasteiger partial charge in [-0.3, -0.25) is 9.59 Å². The molecule has 164 valence electrons. The summed E-state index contributed by atoms with van der Waals surface area (Å²) < 4.78 is 27.4. The predicted octanol–water partition coefficient (Wildman–Crippen LogP) is 3.89. The first-order valence-corrected chi connectivity index (χ1v) is 12.2. The van der Waals surface area contributed by atoms with Gasteiger partial charge >= 0.3 is 0 Å². The summed E-state index contributed by atoms with van der Waals surface area (Å²) in [7, 11) is -3.76. The van der Waals surface area contributed by atoms with E-state index < -0.39 is 15.9 Å². The van der Waals surface area contributed by atoms with Crippen LogP contribution in [0.15, 0.2) is 47.4 Å². The summed E-state index contributed by atoms with van der Waals surface area (Å²) in [4.78, 5) is 26.3. The predicted molar refractivity (Wildman–Crippen MR) is 120 cm³/mol. The molecule has 0 aromatic heterocycles. The second-order valence-electron chi connectivity index (χ2n) is 7.76. The van der Waals surface area contributed by atoms with Crippen LogP contribution in [0.25, 0.3) is 0 Å². The molecule has 0 aliphatic carbocycles. The van der Waals surface area contributed by atoms with E-state index in [0.29, 0.717) is 31.7 Å². The zero-order valence-electron chi connectivity index (χ0n) is 17.0. The molecule has 4 rings (SSSR count). The minimum Gasteiger partial charge on any atom is -0.322 e. The minimum absolute atomic E-state index is 0.0494. The maximum absolute atomic E-state index is 13.0. The first kappa shape index (κ1) is 21.8. The third-order valence-electron chi connectivity index (χ3n) is 5.64. The molecule has 7 nitrogen and oxygen atoms in total. The molecule has 2 aromatic rings. The van der Waals surface area contributed by atoms with Gasteiger partial charge in [0.25, 0.3) is 5.91 Å². The Morgan fingerprint density at radius 3 is 2.29 bits per heavy atom. The maximum Gasteiger partial charge on any atom is 0.255 e. The Hall–Kier alpha value is -2.42. The number of benzene rings is 2. The molecule has 0 bridgehead atoms. The van der Waals surface area contributed by atoms with Gasteiger partial charge in [-0.2, -0.15) is 4.31 Å². The molecule has 1 N–H and O–H groups in total. The summed E-state index contributed by atoms with van der Waals surface area (Å²) >= 11 is 6.19. The highest BCUT2D eigenvalue weighted by Gasteiger charge is 2.29. The standard InChI is InChI=1S/C22H24ClN3O4S/c23-19-11-6-16(15-20(19)31(29,30)25-12-2-1-3-13-25)22(28)24-17-7-9-18(10-8-17)26-14-4-5-21(26)27/h6-11,15H,1-5,12-14H2,(H,24,28). The number of hydrogen-bond donors (Lipinski definition) is 1. The van der Waals surface area contributed by atoms with E-state index in [1.165, 1.54) is 22.5 Å². The summed E-state index contributed by atoms with van der Waals surface area (Å²) in [6, 6.07) is 11.3. The molecule has 2 aliphatic heterocycles. The minimum atomic E-state index is -3.76. The van der Waals surface area contributed by atoms with Crippen molar-refractivity contribution in [1.82, 2.24) is 4.31 Å². The van der Waals surface area contributed by atoms with E-state index in [0.717, 1.165) is 31.4 Å². The Morgan fingerprint density at radius 1 is 0.935 bits per heavy atom. The molecule has 2 fully saturated rings. The van der Waals surface area contributed by atoms with Crippen molar-refractivity contribution >= 4 is 44.8 Å². The van der Waals surface area contributed by atoms with Gasteiger partial charge in [0.05, 0.1) is 5.02 Å². The van der Waals surface area contributed by atoms with Crippen LogP contribution in [0.3, 0.4) is 0 Å².